The Balaban J connectivity index is 1.81. The molecule has 3 atom stereocenters. The van der Waals surface area contributed by atoms with Gasteiger partial charge in [0.2, 0.25) is 6.41 Å². The van der Waals surface area contributed by atoms with E-state index in [9.17, 15) is 27.6 Å². The number of fused-ring (bicyclic) bond motifs is 1. The zero-order valence-corrected chi connectivity index (χ0v) is 20.5. The lowest BCUT2D eigenvalue weighted by atomic mass is 9.79. The maximum atomic E-state index is 13.8. The molecule has 0 spiro atoms. The Morgan fingerprint density at radius 3 is 2.53 bits per heavy atom. The molecule has 1 fully saturated rings. The van der Waals surface area contributed by atoms with E-state index in [1.807, 2.05) is 0 Å². The molecule has 1 saturated heterocycles. The van der Waals surface area contributed by atoms with Crippen LogP contribution in [0.5, 0.6) is 5.75 Å². The van der Waals surface area contributed by atoms with Gasteiger partial charge in [-0.1, -0.05) is 13.0 Å². The lowest BCUT2D eigenvalue weighted by molar-refractivity contribution is -0.119. The largest absolute Gasteiger partial charge is 0.488 e. The molecule has 196 valence electrons. The highest BCUT2D eigenvalue weighted by atomic mass is 19.3. The summed E-state index contributed by atoms with van der Waals surface area (Å²) in [5, 5.41) is 0.254. The summed E-state index contributed by atoms with van der Waals surface area (Å²) in [7, 11) is 0. The number of amides is 1. The molecule has 2 heterocycles. The third-order valence-corrected chi connectivity index (χ3v) is 7.53. The molecule has 36 heavy (non-hydrogen) atoms. The van der Waals surface area contributed by atoms with Gasteiger partial charge in [-0.05, 0) is 68.2 Å². The summed E-state index contributed by atoms with van der Waals surface area (Å²) in [4.78, 5) is 40.2. The van der Waals surface area contributed by atoms with Crippen LogP contribution in [0, 0.1) is 11.8 Å². The topological polar surface area (TPSA) is 73.5 Å². The molecule has 1 aromatic carbocycles. The summed E-state index contributed by atoms with van der Waals surface area (Å²) < 4.78 is 48.4. The van der Waals surface area contributed by atoms with E-state index >= 15 is 0 Å². The van der Waals surface area contributed by atoms with Crippen LogP contribution in [0.2, 0.25) is 0 Å². The minimum Gasteiger partial charge on any atom is -0.488 e. The van der Waals surface area contributed by atoms with Crippen LogP contribution >= 0.6 is 0 Å². The molecule has 2 unspecified atom stereocenters. The molecule has 2 aliphatic rings. The molecular formula is C26H32F3N3O4. The van der Waals surface area contributed by atoms with Crippen LogP contribution in [0.15, 0.2) is 39.4 Å². The van der Waals surface area contributed by atoms with Gasteiger partial charge in [-0.3, -0.25) is 18.7 Å². The average Bonchev–Trinajstić information content (AvgIpc) is 2.88. The van der Waals surface area contributed by atoms with Crippen molar-refractivity contribution in [1.29, 1.82) is 0 Å². The van der Waals surface area contributed by atoms with Crippen molar-refractivity contribution in [3.63, 3.8) is 0 Å². The van der Waals surface area contributed by atoms with E-state index in [1.54, 1.807) is 41.5 Å². The average molecular weight is 508 g/mol. The van der Waals surface area contributed by atoms with Crippen molar-refractivity contribution in [1.82, 2.24) is 14.0 Å². The fourth-order valence-corrected chi connectivity index (χ4v) is 5.41. The summed E-state index contributed by atoms with van der Waals surface area (Å²) >= 11 is 0. The van der Waals surface area contributed by atoms with Crippen LogP contribution in [-0.4, -0.2) is 52.7 Å². The van der Waals surface area contributed by atoms with Gasteiger partial charge in [0.1, 0.15) is 18.5 Å². The maximum Gasteiger partial charge on any atom is 0.331 e. The quantitative estimate of drug-likeness (QED) is 0.401. The molecular weight excluding hydrogens is 475 g/mol. The van der Waals surface area contributed by atoms with Crippen LogP contribution in [0.25, 0.3) is 10.9 Å². The Morgan fingerprint density at radius 1 is 1.17 bits per heavy atom. The van der Waals surface area contributed by atoms with Crippen LogP contribution in [-0.2, 0) is 11.3 Å². The van der Waals surface area contributed by atoms with Crippen molar-refractivity contribution in [2.75, 3.05) is 19.8 Å². The first-order valence-electron chi connectivity index (χ1n) is 12.4. The minimum absolute atomic E-state index is 0.0258. The first-order chi connectivity index (χ1) is 17.2. The van der Waals surface area contributed by atoms with Gasteiger partial charge in [0.25, 0.3) is 12.0 Å². The Hall–Kier alpha value is -3.04. The molecule has 0 N–H and O–H groups in total. The van der Waals surface area contributed by atoms with E-state index in [4.69, 9.17) is 4.74 Å². The molecule has 10 heteroatoms. The number of halogens is 3. The van der Waals surface area contributed by atoms with Crippen molar-refractivity contribution in [3.8, 4) is 5.75 Å². The number of aromatic nitrogens is 2. The van der Waals surface area contributed by atoms with E-state index < -0.39 is 36.4 Å². The number of alkyl halides is 3. The van der Waals surface area contributed by atoms with Gasteiger partial charge in [-0.25, -0.2) is 18.0 Å². The number of carbonyl (C=O) groups excluding carboxylic acids is 1. The highest BCUT2D eigenvalue weighted by Crippen LogP contribution is 2.34. The van der Waals surface area contributed by atoms with Crippen molar-refractivity contribution in [3.05, 3.63) is 50.7 Å². The molecule has 0 radical (unpaired) electrons. The molecule has 1 aliphatic carbocycles. The summed E-state index contributed by atoms with van der Waals surface area (Å²) in [5.74, 6) is -0.450. The van der Waals surface area contributed by atoms with Gasteiger partial charge in [0.05, 0.1) is 10.9 Å². The molecule has 0 saturated carbocycles. The van der Waals surface area contributed by atoms with Gasteiger partial charge in [-0.2, -0.15) is 0 Å². The molecule has 1 amide bonds. The molecule has 0 bridgehead atoms. The van der Waals surface area contributed by atoms with Crippen molar-refractivity contribution >= 4 is 17.3 Å². The summed E-state index contributed by atoms with van der Waals surface area (Å²) in [6.07, 6.45) is 1.21. The summed E-state index contributed by atoms with van der Waals surface area (Å²) in [6, 6.07) is 4.53. The van der Waals surface area contributed by atoms with Crippen LogP contribution in [0.4, 0.5) is 13.2 Å². The summed E-state index contributed by atoms with van der Waals surface area (Å²) in [5.41, 5.74) is -0.507. The van der Waals surface area contributed by atoms with E-state index in [2.05, 4.69) is 0 Å². The Bertz CT molecular complexity index is 1250. The lowest BCUT2D eigenvalue weighted by Crippen LogP contribution is -2.45. The number of allylic oxidation sites excluding steroid dienone is 2. The number of likely N-dealkylation sites (tertiary alicyclic amines) is 1. The number of carbonyl (C=O) groups is 1. The number of rotatable bonds is 8. The number of ether oxygens (including phenoxy) is 1. The predicted octanol–water partition coefficient (Wildman–Crippen LogP) is 3.93. The SMILES string of the molecule is CC(CF)Oc1ccc2c(c1)c(=O)n(CC1CCC=C(C(F)F)[C@H]1C)c(=O)n2C1CCN(C=O)CC1. The minimum atomic E-state index is -2.58. The van der Waals surface area contributed by atoms with Gasteiger partial charge in [0.15, 0.2) is 0 Å². The third kappa shape index (κ3) is 5.08. The first kappa shape index (κ1) is 26.0. The zero-order chi connectivity index (χ0) is 26.0. The Kier molecular flexibility index (Phi) is 7.90. The van der Waals surface area contributed by atoms with Crippen molar-refractivity contribution in [2.24, 2.45) is 11.8 Å². The number of piperidine rings is 1. The lowest BCUT2D eigenvalue weighted by Gasteiger charge is -2.33. The monoisotopic (exact) mass is 507 g/mol. The third-order valence-electron chi connectivity index (χ3n) is 7.53. The number of hydrogen-bond acceptors (Lipinski definition) is 4. The molecule has 7 nitrogen and oxygen atoms in total. The fourth-order valence-electron chi connectivity index (χ4n) is 5.41. The van der Waals surface area contributed by atoms with E-state index in [1.165, 1.54) is 6.07 Å². The van der Waals surface area contributed by atoms with Crippen LogP contribution in [0.1, 0.15) is 45.6 Å². The van der Waals surface area contributed by atoms with Gasteiger partial charge in [0, 0.05) is 25.7 Å². The fraction of sp³-hybridized carbons (Fsp3) is 0.577. The number of nitrogens with zero attached hydrogens (tertiary/aromatic N) is 3. The number of benzene rings is 1. The second kappa shape index (κ2) is 10.9. The van der Waals surface area contributed by atoms with Gasteiger partial charge in [-0.15, -0.1) is 0 Å². The second-order valence-corrected chi connectivity index (χ2v) is 9.83. The molecule has 4 rings (SSSR count). The maximum absolute atomic E-state index is 13.8. The molecule has 1 aromatic heterocycles. The number of hydrogen-bond donors (Lipinski definition) is 0. The van der Waals surface area contributed by atoms with Gasteiger partial charge >= 0.3 is 5.69 Å². The van der Waals surface area contributed by atoms with E-state index in [0.717, 1.165) is 11.0 Å². The van der Waals surface area contributed by atoms with Crippen LogP contribution in [0.3, 0.4) is 0 Å². The van der Waals surface area contributed by atoms with E-state index in [0.29, 0.717) is 50.0 Å². The Morgan fingerprint density at radius 2 is 1.89 bits per heavy atom. The Labute approximate surface area is 207 Å². The standard InChI is InChI=1S/C26H32F3N3O4/c1-16(13-27)36-20-6-7-23-22(12-20)25(34)31(14-18-4-3-5-21(17(18)2)24(28)29)26(35)32(23)19-8-10-30(15-33)11-9-19/h5-7,12,15-19,24H,3-4,8-11,13-14H2,1-2H3/t16?,17-,18?/m0/s1. The highest BCUT2D eigenvalue weighted by molar-refractivity contribution is 5.80. The van der Waals surface area contributed by atoms with Gasteiger partial charge < -0.3 is 9.64 Å². The van der Waals surface area contributed by atoms with Crippen molar-refractivity contribution < 1.29 is 22.7 Å². The molecule has 1 aliphatic heterocycles. The second-order valence-electron chi connectivity index (χ2n) is 9.83. The highest BCUT2D eigenvalue weighted by Gasteiger charge is 2.31. The first-order valence-corrected chi connectivity index (χ1v) is 12.4. The van der Waals surface area contributed by atoms with Crippen LogP contribution < -0.4 is 16.0 Å². The zero-order valence-electron chi connectivity index (χ0n) is 20.5. The normalized spacial score (nSPS) is 22.1. The van der Waals surface area contributed by atoms with E-state index in [-0.39, 0.29) is 29.5 Å². The van der Waals surface area contributed by atoms with Crippen molar-refractivity contribution in [2.45, 2.75) is 64.6 Å². The summed E-state index contributed by atoms with van der Waals surface area (Å²) in [6.45, 7) is 3.58. The molecule has 2 aromatic rings. The predicted molar refractivity (Wildman–Crippen MR) is 130 cm³/mol. The smallest absolute Gasteiger partial charge is 0.331 e.